The van der Waals surface area contributed by atoms with Gasteiger partial charge in [-0.15, -0.1) is 0 Å². The fourth-order valence-electron chi connectivity index (χ4n) is 0.770. The van der Waals surface area contributed by atoms with E-state index < -0.39 is 0 Å². The fraction of sp³-hybridized carbons (Fsp3) is 0.429. The van der Waals surface area contributed by atoms with Gasteiger partial charge in [-0.25, -0.2) is 0 Å². The van der Waals surface area contributed by atoms with Crippen LogP contribution >= 0.6 is 0 Å². The summed E-state index contributed by atoms with van der Waals surface area (Å²) in [6.07, 6.45) is 1.25. The van der Waals surface area contributed by atoms with Crippen molar-refractivity contribution in [3.8, 4) is 0 Å². The largest absolute Gasteiger partial charge is 0.0683 e. The van der Waals surface area contributed by atoms with Crippen LogP contribution in [-0.2, 0) is 0 Å². The van der Waals surface area contributed by atoms with Gasteiger partial charge in [0.25, 0.3) is 0 Å². The Bertz CT molecular complexity index is 188. The van der Waals surface area contributed by atoms with Crippen LogP contribution in [0.2, 0.25) is 0 Å². The van der Waals surface area contributed by atoms with Crippen molar-refractivity contribution in [3.05, 3.63) is 72.8 Å². The van der Waals surface area contributed by atoms with Crippen molar-refractivity contribution in [3.63, 3.8) is 0 Å². The molecule has 0 N–H and O–H groups in total. The van der Waals surface area contributed by atoms with E-state index in [0.717, 1.165) is 0 Å². The molecule has 0 spiro atoms. The summed E-state index contributed by atoms with van der Waals surface area (Å²) in [6, 6.07) is 24.0. The van der Waals surface area contributed by atoms with Crippen LogP contribution in [0, 0.1) is 0 Å². The summed E-state index contributed by atoms with van der Waals surface area (Å²) in [4.78, 5) is 0. The molecule has 0 aromatic heterocycles. The van der Waals surface area contributed by atoms with E-state index in [0.29, 0.717) is 0 Å². The van der Waals surface area contributed by atoms with Crippen molar-refractivity contribution in [2.75, 3.05) is 0 Å². The maximum Gasteiger partial charge on any atom is -0.0590 e. The highest BCUT2D eigenvalue weighted by Gasteiger charge is 1.58. The summed E-state index contributed by atoms with van der Waals surface area (Å²) in [7, 11) is 0. The highest BCUT2D eigenvalue weighted by molar-refractivity contribution is 4.99. The molecular formula is C21H38. The second-order valence-corrected chi connectivity index (χ2v) is 3.02. The maximum atomic E-state index is 2.12. The van der Waals surface area contributed by atoms with Crippen LogP contribution in [-0.4, -0.2) is 0 Å². The summed E-state index contributed by atoms with van der Waals surface area (Å²) in [5.74, 6) is 0. The summed E-state index contributed by atoms with van der Waals surface area (Å²) in [5, 5.41) is 0. The van der Waals surface area contributed by atoms with Gasteiger partial charge in [0.05, 0.1) is 0 Å². The van der Waals surface area contributed by atoms with Crippen LogP contribution in [0.25, 0.3) is 0 Å². The average Bonchev–Trinajstić information content (AvgIpc) is 2.64. The van der Waals surface area contributed by atoms with E-state index in [1.54, 1.807) is 0 Å². The lowest BCUT2D eigenvalue weighted by molar-refractivity contribution is 1.09. The third-order valence-corrected chi connectivity index (χ3v) is 1.33. The molecular weight excluding hydrogens is 252 g/mol. The SMILES string of the molecule is CC.CC.CC.CCC.c1ccccc1.c1ccccc1. The molecule has 0 aliphatic carbocycles. The molecule has 0 nitrogen and oxygen atoms in total. The fourth-order valence-corrected chi connectivity index (χ4v) is 0.770. The van der Waals surface area contributed by atoms with E-state index in [2.05, 4.69) is 13.8 Å². The summed E-state index contributed by atoms with van der Waals surface area (Å²) in [5.41, 5.74) is 0. The Kier molecular flexibility index (Phi) is 56.6. The molecule has 0 aliphatic rings. The van der Waals surface area contributed by atoms with Crippen molar-refractivity contribution in [2.45, 2.75) is 61.8 Å². The minimum atomic E-state index is 1.25. The molecule has 0 saturated heterocycles. The van der Waals surface area contributed by atoms with Gasteiger partial charge in [0.2, 0.25) is 0 Å². The lowest BCUT2D eigenvalue weighted by atomic mass is 10.4. The first-order valence-corrected chi connectivity index (χ1v) is 8.41. The number of rotatable bonds is 0. The molecule has 0 bridgehead atoms. The quantitative estimate of drug-likeness (QED) is 0.463. The third-order valence-electron chi connectivity index (χ3n) is 1.33. The summed E-state index contributed by atoms with van der Waals surface area (Å²) in [6.45, 7) is 16.2. The maximum absolute atomic E-state index is 2.12. The topological polar surface area (TPSA) is 0 Å². The van der Waals surface area contributed by atoms with Gasteiger partial charge in [-0.1, -0.05) is 135 Å². The zero-order valence-corrected chi connectivity index (χ0v) is 15.6. The molecule has 0 heterocycles. The van der Waals surface area contributed by atoms with E-state index in [4.69, 9.17) is 0 Å². The second-order valence-electron chi connectivity index (χ2n) is 3.02. The van der Waals surface area contributed by atoms with Gasteiger partial charge in [0.15, 0.2) is 0 Å². The van der Waals surface area contributed by atoms with Crippen LogP contribution in [0.15, 0.2) is 72.8 Å². The van der Waals surface area contributed by atoms with Gasteiger partial charge in [-0.2, -0.15) is 0 Å². The Morgan fingerprint density at radius 1 is 0.333 bits per heavy atom. The lowest BCUT2D eigenvalue weighted by Crippen LogP contribution is -1.47. The van der Waals surface area contributed by atoms with E-state index in [1.165, 1.54) is 6.42 Å². The first-order chi connectivity index (χ1) is 10.4. The van der Waals surface area contributed by atoms with E-state index in [9.17, 15) is 0 Å². The smallest absolute Gasteiger partial charge is 0.0590 e. The predicted octanol–water partition coefficient (Wildman–Crippen LogP) is 7.87. The highest BCUT2D eigenvalue weighted by Crippen LogP contribution is 1.80. The van der Waals surface area contributed by atoms with Gasteiger partial charge in [-0.05, 0) is 0 Å². The molecule has 2 rings (SSSR count). The molecule has 0 atom stereocenters. The van der Waals surface area contributed by atoms with Crippen molar-refractivity contribution < 1.29 is 0 Å². The first kappa shape index (κ1) is 27.7. The van der Waals surface area contributed by atoms with Crippen LogP contribution in [0.5, 0.6) is 0 Å². The number of hydrogen-bond donors (Lipinski definition) is 0. The molecule has 2 aromatic rings. The van der Waals surface area contributed by atoms with E-state index >= 15 is 0 Å². The predicted molar refractivity (Wildman–Crippen MR) is 103 cm³/mol. The monoisotopic (exact) mass is 290 g/mol. The normalized spacial score (nSPS) is 6.29. The molecule has 0 radical (unpaired) electrons. The van der Waals surface area contributed by atoms with Crippen LogP contribution in [0.4, 0.5) is 0 Å². The zero-order chi connectivity index (χ0) is 17.2. The molecule has 0 aliphatic heterocycles. The Morgan fingerprint density at radius 2 is 0.381 bits per heavy atom. The average molecular weight is 291 g/mol. The number of benzene rings is 2. The van der Waals surface area contributed by atoms with E-state index in [-0.39, 0.29) is 0 Å². The van der Waals surface area contributed by atoms with Crippen molar-refractivity contribution in [1.82, 2.24) is 0 Å². The Hall–Kier alpha value is -1.56. The zero-order valence-electron chi connectivity index (χ0n) is 15.6. The second kappa shape index (κ2) is 42.9. The Morgan fingerprint density at radius 3 is 0.429 bits per heavy atom. The van der Waals surface area contributed by atoms with Crippen LogP contribution < -0.4 is 0 Å². The minimum Gasteiger partial charge on any atom is -0.0683 e. The van der Waals surface area contributed by atoms with Crippen molar-refractivity contribution >= 4 is 0 Å². The molecule has 122 valence electrons. The first-order valence-electron chi connectivity index (χ1n) is 8.41. The minimum absolute atomic E-state index is 1.25. The molecule has 2 aromatic carbocycles. The molecule has 21 heavy (non-hydrogen) atoms. The summed E-state index contributed by atoms with van der Waals surface area (Å²) < 4.78 is 0. The summed E-state index contributed by atoms with van der Waals surface area (Å²) >= 11 is 0. The Balaban J connectivity index is -0.0000000909. The Labute approximate surface area is 135 Å². The van der Waals surface area contributed by atoms with Crippen molar-refractivity contribution in [1.29, 1.82) is 0 Å². The lowest BCUT2D eigenvalue weighted by Gasteiger charge is -1.69. The third kappa shape index (κ3) is 45.7. The highest BCUT2D eigenvalue weighted by atomic mass is 13.7. The van der Waals surface area contributed by atoms with Gasteiger partial charge < -0.3 is 0 Å². The molecule has 0 saturated carbocycles. The molecule has 0 heteroatoms. The molecule has 0 unspecified atom stereocenters. The molecule has 0 fully saturated rings. The van der Waals surface area contributed by atoms with Gasteiger partial charge in [0.1, 0.15) is 0 Å². The van der Waals surface area contributed by atoms with Gasteiger partial charge >= 0.3 is 0 Å². The van der Waals surface area contributed by atoms with Gasteiger partial charge in [0, 0.05) is 0 Å². The van der Waals surface area contributed by atoms with Crippen LogP contribution in [0.1, 0.15) is 61.8 Å². The standard InChI is InChI=1S/2C6H6.C3H8.3C2H6/c2*1-2-4-6-5-3-1;1-3-2;3*1-2/h2*1-6H;3H2,1-2H3;3*1-2H3. The van der Waals surface area contributed by atoms with E-state index in [1.807, 2.05) is 114 Å². The number of hydrogen-bond acceptors (Lipinski definition) is 0. The van der Waals surface area contributed by atoms with Gasteiger partial charge in [-0.3, -0.25) is 0 Å². The molecule has 0 amide bonds. The van der Waals surface area contributed by atoms with Crippen molar-refractivity contribution in [2.24, 2.45) is 0 Å². The van der Waals surface area contributed by atoms with Crippen LogP contribution in [0.3, 0.4) is 0 Å².